The molecule has 2 bridgehead atoms. The lowest BCUT2D eigenvalue weighted by atomic mass is 9.77. The number of alkyl carbamates (subject to hydrolysis) is 1. The molecule has 2 fully saturated rings. The summed E-state index contributed by atoms with van der Waals surface area (Å²) in [5.41, 5.74) is -0.0756. The van der Waals surface area contributed by atoms with Crippen LogP contribution < -0.4 is 10.2 Å². The molecule has 10 heteroatoms. The molecule has 2 aromatic carbocycles. The number of imide groups is 1. The van der Waals surface area contributed by atoms with Crippen LogP contribution in [0, 0.1) is 11.8 Å². The molecule has 4 atom stereocenters. The van der Waals surface area contributed by atoms with E-state index >= 15 is 0 Å². The number of fused-ring (bicyclic) bond motifs is 5. The quantitative estimate of drug-likeness (QED) is 0.479. The number of carbonyl (C=O) groups is 3. The monoisotopic (exact) mass is 506 g/mol. The Balaban J connectivity index is 1.27. The Kier molecular flexibility index (Phi) is 5.61. The van der Waals surface area contributed by atoms with Crippen molar-refractivity contribution in [1.29, 1.82) is 0 Å². The average Bonchev–Trinajstić information content (AvgIpc) is 3.43. The summed E-state index contributed by atoms with van der Waals surface area (Å²) in [6, 6.07) is 11.4. The third kappa shape index (κ3) is 3.79. The number of benzene rings is 2. The molecule has 2 saturated heterocycles. The Labute approximate surface area is 204 Å². The number of amides is 3. The second-order valence-corrected chi connectivity index (χ2v) is 9.33. The summed E-state index contributed by atoms with van der Waals surface area (Å²) in [4.78, 5) is 39.9. The molecule has 5 rings (SSSR count). The molecule has 0 aliphatic carbocycles. The fraction of sp³-hybridized carbons (Fsp3) is 0.261. The van der Waals surface area contributed by atoms with E-state index in [-0.39, 0.29) is 25.0 Å². The predicted octanol–water partition coefficient (Wildman–Crippen LogP) is 4.39. The van der Waals surface area contributed by atoms with E-state index in [0.717, 1.165) is 0 Å². The van der Waals surface area contributed by atoms with Gasteiger partial charge in [-0.05, 0) is 36.4 Å². The maximum Gasteiger partial charge on any atom is 0.407 e. The number of rotatable bonds is 5. The molecule has 0 radical (unpaired) electrons. The number of hydrogen-bond acceptors (Lipinski definition) is 5. The lowest BCUT2D eigenvalue weighted by molar-refractivity contribution is -0.126. The van der Waals surface area contributed by atoms with Gasteiger partial charge in [0.2, 0.25) is 11.8 Å². The topological polar surface area (TPSA) is 84.9 Å². The van der Waals surface area contributed by atoms with Crippen molar-refractivity contribution >= 4 is 58.4 Å². The average molecular weight is 508 g/mol. The third-order valence-corrected chi connectivity index (χ3v) is 6.96. The highest BCUT2D eigenvalue weighted by Crippen LogP contribution is 2.52. The van der Waals surface area contributed by atoms with Gasteiger partial charge in [-0.1, -0.05) is 53.0 Å². The molecule has 1 N–H and O–H groups in total. The molecule has 3 aliphatic rings. The van der Waals surface area contributed by atoms with Crippen LogP contribution in [0.25, 0.3) is 0 Å². The highest BCUT2D eigenvalue weighted by Gasteiger charge is 2.67. The minimum atomic E-state index is -1.12. The maximum absolute atomic E-state index is 13.3. The fourth-order valence-corrected chi connectivity index (χ4v) is 5.18. The van der Waals surface area contributed by atoms with Crippen LogP contribution in [0.4, 0.5) is 10.5 Å². The van der Waals surface area contributed by atoms with Crippen LogP contribution in [0.2, 0.25) is 15.1 Å². The highest BCUT2D eigenvalue weighted by atomic mass is 35.5. The predicted molar refractivity (Wildman–Crippen MR) is 122 cm³/mol. The fourth-order valence-electron chi connectivity index (χ4n) is 4.59. The molecule has 33 heavy (non-hydrogen) atoms. The van der Waals surface area contributed by atoms with Crippen molar-refractivity contribution in [3.8, 4) is 0 Å². The van der Waals surface area contributed by atoms with E-state index < -0.39 is 29.6 Å². The zero-order chi connectivity index (χ0) is 23.3. The van der Waals surface area contributed by atoms with E-state index in [9.17, 15) is 14.4 Å². The van der Waals surface area contributed by atoms with E-state index in [1.165, 1.54) is 4.90 Å². The summed E-state index contributed by atoms with van der Waals surface area (Å²) in [5.74, 6) is -2.10. The normalized spacial score (nSPS) is 27.2. The van der Waals surface area contributed by atoms with E-state index in [2.05, 4.69) is 5.32 Å². The summed E-state index contributed by atoms with van der Waals surface area (Å²) >= 11 is 17.9. The number of anilines is 1. The molecule has 3 amide bonds. The van der Waals surface area contributed by atoms with Gasteiger partial charge in [0.1, 0.15) is 12.2 Å². The lowest BCUT2D eigenvalue weighted by Gasteiger charge is -2.28. The zero-order valence-corrected chi connectivity index (χ0v) is 19.2. The molecule has 0 spiro atoms. The van der Waals surface area contributed by atoms with Crippen molar-refractivity contribution in [3.05, 3.63) is 75.2 Å². The second-order valence-electron chi connectivity index (χ2n) is 8.05. The molecule has 0 saturated carbocycles. The number of hydrogen-bond donors (Lipinski definition) is 1. The lowest BCUT2D eigenvalue weighted by Crippen LogP contribution is -2.49. The van der Waals surface area contributed by atoms with E-state index in [0.29, 0.717) is 26.3 Å². The van der Waals surface area contributed by atoms with E-state index in [1.807, 2.05) is 0 Å². The molecule has 7 nitrogen and oxygen atoms in total. The molecular formula is C23H17Cl3N2O5. The Morgan fingerprint density at radius 1 is 1.06 bits per heavy atom. The van der Waals surface area contributed by atoms with Gasteiger partial charge in [-0.15, -0.1) is 0 Å². The minimum Gasteiger partial charge on any atom is -0.445 e. The number of halogens is 3. The van der Waals surface area contributed by atoms with Crippen LogP contribution in [-0.4, -0.2) is 36.2 Å². The van der Waals surface area contributed by atoms with Crippen molar-refractivity contribution < 1.29 is 23.9 Å². The maximum atomic E-state index is 13.3. The molecule has 3 aliphatic heterocycles. The van der Waals surface area contributed by atoms with Crippen LogP contribution >= 0.6 is 34.8 Å². The van der Waals surface area contributed by atoms with Gasteiger partial charge in [-0.25, -0.2) is 9.69 Å². The SMILES string of the molecule is O=C(NC[C@@]12C=C[C@H](O1)[C@H]1C(=O)N(c3ccc(Cl)cc3)C(=O)[C@H]12)OCc1ccc(Cl)cc1Cl. The van der Waals surface area contributed by atoms with Gasteiger partial charge in [-0.2, -0.15) is 0 Å². The first-order valence-corrected chi connectivity index (χ1v) is 11.3. The first kappa shape index (κ1) is 22.2. The number of ether oxygens (including phenoxy) is 2. The molecule has 0 unspecified atom stereocenters. The van der Waals surface area contributed by atoms with Crippen LogP contribution in [0.3, 0.4) is 0 Å². The Hall–Kier alpha value is -2.58. The number of nitrogens with zero attached hydrogens (tertiary/aromatic N) is 1. The third-order valence-electron chi connectivity index (χ3n) is 6.12. The second kappa shape index (κ2) is 8.33. The van der Waals surface area contributed by atoms with E-state index in [4.69, 9.17) is 44.3 Å². The molecule has 170 valence electrons. The van der Waals surface area contributed by atoms with Crippen molar-refractivity contribution in [1.82, 2.24) is 5.32 Å². The van der Waals surface area contributed by atoms with Crippen molar-refractivity contribution in [2.75, 3.05) is 11.4 Å². The van der Waals surface area contributed by atoms with Crippen LogP contribution in [-0.2, 0) is 25.7 Å². The smallest absolute Gasteiger partial charge is 0.407 e. The minimum absolute atomic E-state index is 0.0260. The standard InChI is InChI=1S/C23H17Cl3N2O5/c24-13-3-5-15(6-4-13)28-20(29)18-17-7-8-23(33-17,19(18)21(28)30)11-27-22(31)32-10-12-1-2-14(25)9-16(12)26/h1-9,17-19H,10-11H2,(H,27,31)/t17-,18+,19-,23+/m0/s1. The molecule has 0 aromatic heterocycles. The zero-order valence-electron chi connectivity index (χ0n) is 17.0. The van der Waals surface area contributed by atoms with Gasteiger partial charge < -0.3 is 14.8 Å². The van der Waals surface area contributed by atoms with Crippen molar-refractivity contribution in [2.24, 2.45) is 11.8 Å². The summed E-state index contributed by atoms with van der Waals surface area (Å²) < 4.78 is 11.3. The summed E-state index contributed by atoms with van der Waals surface area (Å²) in [5, 5.41) is 4.01. The molecule has 2 aromatic rings. The Morgan fingerprint density at radius 3 is 2.52 bits per heavy atom. The van der Waals surface area contributed by atoms with E-state index in [1.54, 1.807) is 54.6 Å². The van der Waals surface area contributed by atoms with Crippen molar-refractivity contribution in [2.45, 2.75) is 18.3 Å². The van der Waals surface area contributed by atoms with Gasteiger partial charge in [0.15, 0.2) is 0 Å². The summed E-state index contributed by atoms with van der Waals surface area (Å²) in [7, 11) is 0. The number of carbonyl (C=O) groups excluding carboxylic acids is 3. The van der Waals surface area contributed by atoms with Gasteiger partial charge in [0.05, 0.1) is 30.2 Å². The van der Waals surface area contributed by atoms with Crippen LogP contribution in [0.5, 0.6) is 0 Å². The van der Waals surface area contributed by atoms with Gasteiger partial charge in [0, 0.05) is 20.6 Å². The first-order valence-electron chi connectivity index (χ1n) is 10.1. The van der Waals surface area contributed by atoms with Gasteiger partial charge in [-0.3, -0.25) is 9.59 Å². The Morgan fingerprint density at radius 2 is 1.79 bits per heavy atom. The highest BCUT2D eigenvalue weighted by molar-refractivity contribution is 6.35. The number of nitrogens with one attached hydrogen (secondary N) is 1. The van der Waals surface area contributed by atoms with Crippen molar-refractivity contribution in [3.63, 3.8) is 0 Å². The van der Waals surface area contributed by atoms with Crippen LogP contribution in [0.15, 0.2) is 54.6 Å². The summed E-state index contributed by atoms with van der Waals surface area (Å²) in [6.45, 7) is -0.0796. The first-order chi connectivity index (χ1) is 15.8. The van der Waals surface area contributed by atoms with Gasteiger partial charge in [0.25, 0.3) is 0 Å². The molecular weight excluding hydrogens is 491 g/mol. The summed E-state index contributed by atoms with van der Waals surface area (Å²) in [6.07, 6.45) is 2.27. The van der Waals surface area contributed by atoms with Gasteiger partial charge >= 0.3 is 6.09 Å². The Bertz CT molecular complexity index is 1190. The van der Waals surface area contributed by atoms with Crippen LogP contribution in [0.1, 0.15) is 5.56 Å². The molecule has 3 heterocycles. The largest absolute Gasteiger partial charge is 0.445 e.